The van der Waals surface area contributed by atoms with Crippen molar-refractivity contribution in [1.82, 2.24) is 15.0 Å². The standard InChI is InChI=1S/C13H15N3O3/c1-3-19-10-6-4-9(5-7-10)8-11-12(13(17)18)14-15-16(11)2/h4-7H,3,8H2,1-2H3,(H,17,18). The van der Waals surface area contributed by atoms with E-state index in [-0.39, 0.29) is 5.69 Å². The molecule has 1 heterocycles. The van der Waals surface area contributed by atoms with Crippen LogP contribution < -0.4 is 4.74 Å². The molecule has 6 heteroatoms. The zero-order valence-corrected chi connectivity index (χ0v) is 10.8. The van der Waals surface area contributed by atoms with Crippen LogP contribution in [0.2, 0.25) is 0 Å². The molecule has 0 amide bonds. The topological polar surface area (TPSA) is 77.2 Å². The van der Waals surface area contributed by atoms with Gasteiger partial charge in [-0.25, -0.2) is 4.79 Å². The van der Waals surface area contributed by atoms with Crippen LogP contribution in [0.1, 0.15) is 28.7 Å². The molecular formula is C13H15N3O3. The zero-order valence-electron chi connectivity index (χ0n) is 10.8. The lowest BCUT2D eigenvalue weighted by atomic mass is 10.1. The summed E-state index contributed by atoms with van der Waals surface area (Å²) < 4.78 is 6.84. The quantitative estimate of drug-likeness (QED) is 0.882. The Labute approximate surface area is 110 Å². The number of carbonyl (C=O) groups is 1. The normalized spacial score (nSPS) is 10.4. The molecular weight excluding hydrogens is 246 g/mol. The van der Waals surface area contributed by atoms with Gasteiger partial charge < -0.3 is 9.84 Å². The van der Waals surface area contributed by atoms with Crippen molar-refractivity contribution in [3.63, 3.8) is 0 Å². The average Bonchev–Trinajstić information content (AvgIpc) is 2.74. The van der Waals surface area contributed by atoms with Gasteiger partial charge in [0, 0.05) is 13.5 Å². The third-order valence-electron chi connectivity index (χ3n) is 2.75. The van der Waals surface area contributed by atoms with Crippen LogP contribution in [0.25, 0.3) is 0 Å². The molecule has 2 rings (SSSR count). The Kier molecular flexibility index (Phi) is 3.79. The number of aromatic carboxylic acids is 1. The van der Waals surface area contributed by atoms with Crippen LogP contribution in [0, 0.1) is 0 Å². The van der Waals surface area contributed by atoms with E-state index in [9.17, 15) is 4.79 Å². The highest BCUT2D eigenvalue weighted by atomic mass is 16.5. The third kappa shape index (κ3) is 2.90. The maximum atomic E-state index is 11.0. The largest absolute Gasteiger partial charge is 0.494 e. The van der Waals surface area contributed by atoms with Gasteiger partial charge in [-0.15, -0.1) is 5.10 Å². The first-order valence-electron chi connectivity index (χ1n) is 5.95. The lowest BCUT2D eigenvalue weighted by molar-refractivity contribution is 0.0689. The van der Waals surface area contributed by atoms with Crippen molar-refractivity contribution >= 4 is 5.97 Å². The highest BCUT2D eigenvalue weighted by molar-refractivity contribution is 5.86. The van der Waals surface area contributed by atoms with Gasteiger partial charge in [0.15, 0.2) is 5.69 Å². The summed E-state index contributed by atoms with van der Waals surface area (Å²) in [6.07, 6.45) is 0.470. The van der Waals surface area contributed by atoms with E-state index in [1.165, 1.54) is 4.68 Å². The summed E-state index contributed by atoms with van der Waals surface area (Å²) in [5, 5.41) is 16.4. The lowest BCUT2D eigenvalue weighted by Gasteiger charge is -2.05. The first-order valence-corrected chi connectivity index (χ1v) is 5.95. The molecule has 19 heavy (non-hydrogen) atoms. The minimum atomic E-state index is -1.06. The first-order chi connectivity index (χ1) is 9.11. The first kappa shape index (κ1) is 13.1. The van der Waals surface area contributed by atoms with Gasteiger partial charge in [-0.05, 0) is 24.6 Å². The van der Waals surface area contributed by atoms with E-state index >= 15 is 0 Å². The van der Waals surface area contributed by atoms with Crippen LogP contribution in [0.5, 0.6) is 5.75 Å². The predicted molar refractivity (Wildman–Crippen MR) is 68.4 cm³/mol. The molecule has 0 radical (unpaired) electrons. The van der Waals surface area contributed by atoms with Gasteiger partial charge in [0.05, 0.1) is 12.3 Å². The van der Waals surface area contributed by atoms with Crippen LogP contribution in [0.4, 0.5) is 0 Å². The molecule has 0 aliphatic carbocycles. The Balaban J connectivity index is 2.21. The van der Waals surface area contributed by atoms with Crippen LogP contribution in [-0.4, -0.2) is 32.7 Å². The molecule has 6 nitrogen and oxygen atoms in total. The van der Waals surface area contributed by atoms with Gasteiger partial charge in [-0.1, -0.05) is 17.3 Å². The van der Waals surface area contributed by atoms with E-state index < -0.39 is 5.97 Å². The second-order valence-electron chi connectivity index (χ2n) is 4.07. The molecule has 0 saturated heterocycles. The van der Waals surface area contributed by atoms with Crippen molar-refractivity contribution < 1.29 is 14.6 Å². The van der Waals surface area contributed by atoms with E-state index in [1.54, 1.807) is 7.05 Å². The Hall–Kier alpha value is -2.37. The second-order valence-corrected chi connectivity index (χ2v) is 4.07. The number of ether oxygens (including phenoxy) is 1. The van der Waals surface area contributed by atoms with Crippen LogP contribution in [0.15, 0.2) is 24.3 Å². The smallest absolute Gasteiger partial charge is 0.358 e. The number of carboxylic acids is 1. The van der Waals surface area contributed by atoms with E-state index in [1.807, 2.05) is 31.2 Å². The number of aromatic nitrogens is 3. The Bertz CT molecular complexity index is 575. The van der Waals surface area contributed by atoms with Gasteiger partial charge in [-0.3, -0.25) is 4.68 Å². The second kappa shape index (κ2) is 5.51. The molecule has 0 bridgehead atoms. The molecule has 0 spiro atoms. The van der Waals surface area contributed by atoms with Crippen LogP contribution in [0.3, 0.4) is 0 Å². The number of aryl methyl sites for hydroxylation is 1. The van der Waals surface area contributed by atoms with Crippen molar-refractivity contribution in [2.75, 3.05) is 6.61 Å². The van der Waals surface area contributed by atoms with Crippen molar-refractivity contribution in [2.45, 2.75) is 13.3 Å². The third-order valence-corrected chi connectivity index (χ3v) is 2.75. The lowest BCUT2D eigenvalue weighted by Crippen LogP contribution is -2.06. The van der Waals surface area contributed by atoms with Crippen LogP contribution in [-0.2, 0) is 13.5 Å². The fourth-order valence-electron chi connectivity index (χ4n) is 1.80. The number of hydrogen-bond acceptors (Lipinski definition) is 4. The van der Waals surface area contributed by atoms with E-state index in [0.29, 0.717) is 18.7 Å². The number of benzene rings is 1. The fourth-order valence-corrected chi connectivity index (χ4v) is 1.80. The predicted octanol–water partition coefficient (Wildman–Crippen LogP) is 1.50. The van der Waals surface area contributed by atoms with E-state index in [4.69, 9.17) is 9.84 Å². The molecule has 1 aromatic carbocycles. The van der Waals surface area contributed by atoms with Crippen molar-refractivity contribution in [1.29, 1.82) is 0 Å². The van der Waals surface area contributed by atoms with Crippen molar-refractivity contribution in [3.8, 4) is 5.75 Å². The Morgan fingerprint density at radius 3 is 2.63 bits per heavy atom. The Morgan fingerprint density at radius 1 is 1.37 bits per heavy atom. The summed E-state index contributed by atoms with van der Waals surface area (Å²) in [5.41, 5.74) is 1.56. The number of rotatable bonds is 5. The average molecular weight is 261 g/mol. The number of hydrogen-bond donors (Lipinski definition) is 1. The summed E-state index contributed by atoms with van der Waals surface area (Å²) >= 11 is 0. The molecule has 0 fully saturated rings. The molecule has 100 valence electrons. The Morgan fingerprint density at radius 2 is 2.05 bits per heavy atom. The highest BCUT2D eigenvalue weighted by Crippen LogP contribution is 2.16. The molecule has 0 unspecified atom stereocenters. The SMILES string of the molecule is CCOc1ccc(Cc2c(C(=O)O)nnn2C)cc1. The van der Waals surface area contributed by atoms with E-state index in [0.717, 1.165) is 11.3 Å². The summed E-state index contributed by atoms with van der Waals surface area (Å²) in [6, 6.07) is 7.54. The molecule has 0 aliphatic heterocycles. The van der Waals surface area contributed by atoms with Crippen molar-refractivity contribution in [3.05, 3.63) is 41.2 Å². The maximum absolute atomic E-state index is 11.0. The molecule has 0 aliphatic rings. The molecule has 1 aromatic heterocycles. The van der Waals surface area contributed by atoms with Gasteiger partial charge in [0.25, 0.3) is 0 Å². The van der Waals surface area contributed by atoms with Crippen molar-refractivity contribution in [2.24, 2.45) is 7.05 Å². The fraction of sp³-hybridized carbons (Fsp3) is 0.308. The van der Waals surface area contributed by atoms with Gasteiger partial charge in [-0.2, -0.15) is 0 Å². The monoisotopic (exact) mass is 261 g/mol. The molecule has 2 aromatic rings. The van der Waals surface area contributed by atoms with Gasteiger partial charge >= 0.3 is 5.97 Å². The number of carboxylic acid groups (broad SMARTS) is 1. The maximum Gasteiger partial charge on any atom is 0.358 e. The summed E-state index contributed by atoms with van der Waals surface area (Å²) in [4.78, 5) is 11.0. The summed E-state index contributed by atoms with van der Waals surface area (Å²) in [5.74, 6) is -0.262. The van der Waals surface area contributed by atoms with E-state index in [2.05, 4.69) is 10.3 Å². The zero-order chi connectivity index (χ0) is 13.8. The van der Waals surface area contributed by atoms with Crippen LogP contribution >= 0.6 is 0 Å². The molecule has 1 N–H and O–H groups in total. The molecule has 0 atom stereocenters. The number of nitrogens with zero attached hydrogens (tertiary/aromatic N) is 3. The van der Waals surface area contributed by atoms with Gasteiger partial charge in [0.2, 0.25) is 0 Å². The summed E-state index contributed by atoms with van der Waals surface area (Å²) in [6.45, 7) is 2.54. The minimum absolute atomic E-state index is 0.00335. The molecule has 0 saturated carbocycles. The highest BCUT2D eigenvalue weighted by Gasteiger charge is 2.17. The minimum Gasteiger partial charge on any atom is -0.494 e. The summed E-state index contributed by atoms with van der Waals surface area (Å²) in [7, 11) is 1.68. The van der Waals surface area contributed by atoms with Gasteiger partial charge in [0.1, 0.15) is 5.75 Å².